The Hall–Kier alpha value is -7.47. The van der Waals surface area contributed by atoms with Gasteiger partial charge in [-0.15, -0.1) is 15.0 Å². The number of hydrogen-bond donors (Lipinski definition) is 0. The molecule has 1 heterocycles. The Kier molecular flexibility index (Phi) is 15.2. The predicted molar refractivity (Wildman–Crippen MR) is 225 cm³/mol. The predicted octanol–water partition coefficient (Wildman–Crippen LogP) is 8.59. The molecular formula is C48H45N3O9. The van der Waals surface area contributed by atoms with E-state index in [0.29, 0.717) is 34.5 Å². The van der Waals surface area contributed by atoms with E-state index in [0.717, 1.165) is 0 Å². The first-order valence-electron chi connectivity index (χ1n) is 19.5. The largest absolute Gasteiger partial charge is 0.490 e. The minimum Gasteiger partial charge on any atom is -0.490 e. The van der Waals surface area contributed by atoms with Crippen molar-refractivity contribution in [3.8, 4) is 52.5 Å². The van der Waals surface area contributed by atoms with Crippen LogP contribution >= 0.6 is 0 Å². The van der Waals surface area contributed by atoms with Crippen molar-refractivity contribution in [2.24, 2.45) is 0 Å². The number of aromatic nitrogens is 3. The molecule has 0 aliphatic rings. The Morgan fingerprint density at radius 1 is 0.250 bits per heavy atom. The van der Waals surface area contributed by atoms with E-state index in [9.17, 15) is 0 Å². The molecule has 0 atom stereocenters. The van der Waals surface area contributed by atoms with Crippen LogP contribution in [0.2, 0.25) is 0 Å². The van der Waals surface area contributed by atoms with Crippen molar-refractivity contribution in [1.82, 2.24) is 15.0 Å². The number of para-hydroxylation sites is 6. The molecule has 12 heteroatoms. The highest BCUT2D eigenvalue weighted by atomic mass is 16.6. The first kappa shape index (κ1) is 40.7. The molecule has 0 aliphatic carbocycles. The zero-order valence-corrected chi connectivity index (χ0v) is 32.8. The Morgan fingerprint density at radius 2 is 0.417 bits per heavy atom. The molecule has 0 amide bonds. The monoisotopic (exact) mass is 807 g/mol. The molecule has 0 N–H and O–H groups in total. The van der Waals surface area contributed by atoms with Crippen molar-refractivity contribution in [2.75, 3.05) is 39.6 Å². The van der Waals surface area contributed by atoms with E-state index >= 15 is 0 Å². The van der Waals surface area contributed by atoms with Crippen LogP contribution in [0, 0.1) is 0 Å². The number of rotatable bonds is 24. The van der Waals surface area contributed by atoms with E-state index in [1.807, 2.05) is 182 Å². The second-order valence-electron chi connectivity index (χ2n) is 13.1. The van der Waals surface area contributed by atoms with Crippen LogP contribution in [0.25, 0.3) is 0 Å². The molecule has 0 saturated carbocycles. The van der Waals surface area contributed by atoms with Gasteiger partial charge >= 0.3 is 18.0 Å². The van der Waals surface area contributed by atoms with Gasteiger partial charge in [-0.2, -0.15) is 0 Å². The van der Waals surface area contributed by atoms with Gasteiger partial charge < -0.3 is 42.6 Å². The third-order valence-corrected chi connectivity index (χ3v) is 8.46. The molecule has 0 fully saturated rings. The minimum atomic E-state index is -0.689. The number of nitrogens with zero attached hydrogens (tertiary/aromatic N) is 3. The first-order chi connectivity index (χ1) is 29.7. The van der Waals surface area contributed by atoms with Crippen molar-refractivity contribution in [1.29, 1.82) is 0 Å². The highest BCUT2D eigenvalue weighted by Gasteiger charge is 2.24. The summed E-state index contributed by atoms with van der Waals surface area (Å²) in [5.74, 6) is 3.97. The topological polar surface area (TPSA) is 122 Å². The molecule has 7 rings (SSSR count). The van der Waals surface area contributed by atoms with E-state index in [2.05, 4.69) is 15.0 Å². The summed E-state index contributed by atoms with van der Waals surface area (Å²) in [5.41, 5.74) is 0. The van der Waals surface area contributed by atoms with Crippen LogP contribution in [0.4, 0.5) is 0 Å². The fraction of sp³-hybridized carbons (Fsp3) is 0.188. The lowest BCUT2D eigenvalue weighted by Crippen LogP contribution is -2.34. The van der Waals surface area contributed by atoms with Gasteiger partial charge in [-0.05, 0) is 72.8 Å². The molecule has 306 valence electrons. The van der Waals surface area contributed by atoms with Crippen LogP contribution in [0.1, 0.15) is 0 Å². The SMILES string of the molecule is c1ccc(OCC(COc2ccccc2)Oc2nc(OC(COc3ccccc3)COc3ccccc3)nc(OC(COc3ccccc3)COc3ccccc3)n2)cc1. The molecular weight excluding hydrogens is 763 g/mol. The Morgan fingerprint density at radius 3 is 0.583 bits per heavy atom. The highest BCUT2D eigenvalue weighted by molar-refractivity contribution is 5.25. The second kappa shape index (κ2) is 22.5. The molecule has 0 saturated heterocycles. The molecule has 0 aliphatic heterocycles. The Bertz CT molecular complexity index is 1830. The fourth-order valence-electron chi connectivity index (χ4n) is 5.51. The van der Waals surface area contributed by atoms with Gasteiger partial charge in [-0.3, -0.25) is 0 Å². The summed E-state index contributed by atoms with van der Waals surface area (Å²) in [4.78, 5) is 13.8. The average molecular weight is 808 g/mol. The van der Waals surface area contributed by atoms with E-state index < -0.39 is 18.3 Å². The Balaban J connectivity index is 1.17. The van der Waals surface area contributed by atoms with Crippen molar-refractivity contribution in [2.45, 2.75) is 18.3 Å². The van der Waals surface area contributed by atoms with Gasteiger partial charge in [0.2, 0.25) is 0 Å². The zero-order chi connectivity index (χ0) is 40.9. The summed E-state index contributed by atoms with van der Waals surface area (Å²) in [7, 11) is 0. The highest BCUT2D eigenvalue weighted by Crippen LogP contribution is 2.22. The van der Waals surface area contributed by atoms with Crippen molar-refractivity contribution in [3.05, 3.63) is 182 Å². The van der Waals surface area contributed by atoms with E-state index in [1.54, 1.807) is 0 Å². The molecule has 0 bridgehead atoms. The zero-order valence-electron chi connectivity index (χ0n) is 32.8. The van der Waals surface area contributed by atoms with Crippen LogP contribution in [-0.4, -0.2) is 72.9 Å². The number of ether oxygens (including phenoxy) is 9. The summed E-state index contributed by atoms with van der Waals surface area (Å²) < 4.78 is 55.9. The lowest BCUT2D eigenvalue weighted by molar-refractivity contribution is 0.0518. The van der Waals surface area contributed by atoms with Crippen molar-refractivity contribution < 1.29 is 42.6 Å². The van der Waals surface area contributed by atoms with E-state index in [-0.39, 0.29) is 57.7 Å². The summed E-state index contributed by atoms with van der Waals surface area (Å²) in [5, 5.41) is 0. The lowest BCUT2D eigenvalue weighted by atomic mass is 10.3. The second-order valence-corrected chi connectivity index (χ2v) is 13.1. The van der Waals surface area contributed by atoms with Crippen molar-refractivity contribution in [3.63, 3.8) is 0 Å². The van der Waals surface area contributed by atoms with Gasteiger partial charge in [-0.25, -0.2) is 0 Å². The molecule has 1 aromatic heterocycles. The summed E-state index contributed by atoms with van der Waals surface area (Å²) in [6.45, 7) is 0.618. The van der Waals surface area contributed by atoms with Gasteiger partial charge in [0.15, 0.2) is 18.3 Å². The van der Waals surface area contributed by atoms with Crippen LogP contribution in [0.15, 0.2) is 182 Å². The quantitative estimate of drug-likeness (QED) is 0.0582. The molecule has 0 unspecified atom stereocenters. The van der Waals surface area contributed by atoms with Gasteiger partial charge in [0.25, 0.3) is 0 Å². The molecule has 60 heavy (non-hydrogen) atoms. The molecule has 0 spiro atoms. The minimum absolute atomic E-state index is 0.0910. The first-order valence-corrected chi connectivity index (χ1v) is 19.5. The van der Waals surface area contributed by atoms with Crippen LogP contribution in [0.5, 0.6) is 52.5 Å². The summed E-state index contributed by atoms with van der Waals surface area (Å²) in [6, 6.07) is 56.3. The van der Waals surface area contributed by atoms with Crippen molar-refractivity contribution >= 4 is 0 Å². The number of hydrogen-bond acceptors (Lipinski definition) is 12. The molecule has 0 radical (unpaired) electrons. The van der Waals surface area contributed by atoms with E-state index in [4.69, 9.17) is 42.6 Å². The molecule has 7 aromatic rings. The van der Waals surface area contributed by atoms with Gasteiger partial charge in [0.1, 0.15) is 74.1 Å². The summed E-state index contributed by atoms with van der Waals surface area (Å²) >= 11 is 0. The lowest BCUT2D eigenvalue weighted by Gasteiger charge is -2.22. The standard InChI is InChI=1S/C48H45N3O9/c1-7-19-37(20-8-1)52-31-43(32-53-38-21-9-2-10-22-38)58-46-49-47(59-44(33-54-39-23-11-3-12-24-39)34-55-40-25-13-4-14-26-40)51-48(50-46)60-45(35-56-41-27-15-5-16-28-41)36-57-42-29-17-6-18-30-42/h1-30,43-45H,31-36H2. The third-order valence-electron chi connectivity index (χ3n) is 8.46. The maximum Gasteiger partial charge on any atom is 0.326 e. The number of benzene rings is 6. The average Bonchev–Trinajstić information content (AvgIpc) is 3.31. The smallest absolute Gasteiger partial charge is 0.326 e. The van der Waals surface area contributed by atoms with Crippen LogP contribution in [0.3, 0.4) is 0 Å². The third kappa shape index (κ3) is 13.9. The van der Waals surface area contributed by atoms with Gasteiger partial charge in [0.05, 0.1) is 0 Å². The molecule has 6 aromatic carbocycles. The van der Waals surface area contributed by atoms with Gasteiger partial charge in [-0.1, -0.05) is 109 Å². The maximum absolute atomic E-state index is 6.42. The summed E-state index contributed by atoms with van der Waals surface area (Å²) in [6.07, 6.45) is -2.07. The van der Waals surface area contributed by atoms with Crippen LogP contribution in [-0.2, 0) is 0 Å². The van der Waals surface area contributed by atoms with E-state index in [1.165, 1.54) is 0 Å². The maximum atomic E-state index is 6.42. The Labute approximate surface area is 349 Å². The van der Waals surface area contributed by atoms with Crippen LogP contribution < -0.4 is 42.6 Å². The normalized spacial score (nSPS) is 10.8. The molecule has 12 nitrogen and oxygen atoms in total. The van der Waals surface area contributed by atoms with Gasteiger partial charge in [0, 0.05) is 0 Å². The fourth-order valence-corrected chi connectivity index (χ4v) is 5.51.